The standard InChI is InChI=1S/C13H19F2N5O2.2ClH/c1-9-17-11(18-22-9)7-19-2-4-20(5-3-19)12(21)10-6-13(14,15)8-16-10;;/h10,16H,2-8H2,1H3;2*1H. The number of nitrogens with zero attached hydrogens (tertiary/aromatic N) is 4. The molecule has 138 valence electrons. The van der Waals surface area contributed by atoms with Crippen LogP contribution in [0.15, 0.2) is 4.52 Å². The maximum absolute atomic E-state index is 13.2. The van der Waals surface area contributed by atoms with Gasteiger partial charge in [0.15, 0.2) is 5.82 Å². The summed E-state index contributed by atoms with van der Waals surface area (Å²) in [5.41, 5.74) is 0. The van der Waals surface area contributed by atoms with Crippen molar-refractivity contribution in [1.29, 1.82) is 0 Å². The average Bonchev–Trinajstić information content (AvgIpc) is 3.04. The first-order valence-electron chi connectivity index (χ1n) is 7.34. The summed E-state index contributed by atoms with van der Waals surface area (Å²) in [7, 11) is 0. The molecule has 3 heterocycles. The molecule has 7 nitrogen and oxygen atoms in total. The molecule has 0 bridgehead atoms. The third kappa shape index (κ3) is 4.98. The van der Waals surface area contributed by atoms with Gasteiger partial charge in [-0.15, -0.1) is 24.8 Å². The van der Waals surface area contributed by atoms with Gasteiger partial charge in [-0.05, 0) is 0 Å². The van der Waals surface area contributed by atoms with Crippen LogP contribution in [0.5, 0.6) is 0 Å². The van der Waals surface area contributed by atoms with Crippen molar-refractivity contribution in [3.8, 4) is 0 Å². The van der Waals surface area contributed by atoms with E-state index in [0.29, 0.717) is 44.4 Å². The van der Waals surface area contributed by atoms with Crippen LogP contribution in [0.3, 0.4) is 0 Å². The molecule has 0 aliphatic carbocycles. The summed E-state index contributed by atoms with van der Waals surface area (Å²) in [6.45, 7) is 4.28. The Kier molecular flexibility index (Phi) is 7.33. The molecule has 2 fully saturated rings. The van der Waals surface area contributed by atoms with Crippen molar-refractivity contribution in [1.82, 2.24) is 25.3 Å². The topological polar surface area (TPSA) is 74.5 Å². The molecule has 24 heavy (non-hydrogen) atoms. The highest BCUT2D eigenvalue weighted by Gasteiger charge is 2.43. The van der Waals surface area contributed by atoms with E-state index in [2.05, 4.69) is 20.4 Å². The lowest BCUT2D eigenvalue weighted by molar-refractivity contribution is -0.135. The Morgan fingerprint density at radius 3 is 2.50 bits per heavy atom. The van der Waals surface area contributed by atoms with Gasteiger partial charge in [0, 0.05) is 39.5 Å². The minimum Gasteiger partial charge on any atom is -0.340 e. The van der Waals surface area contributed by atoms with Crippen LogP contribution >= 0.6 is 24.8 Å². The molecule has 2 aliphatic rings. The second kappa shape index (κ2) is 8.37. The second-order valence-electron chi connectivity index (χ2n) is 5.82. The third-order valence-corrected chi connectivity index (χ3v) is 4.03. The van der Waals surface area contributed by atoms with Gasteiger partial charge in [-0.1, -0.05) is 5.16 Å². The Bertz CT molecular complexity index is 552. The first kappa shape index (κ1) is 21.0. The summed E-state index contributed by atoms with van der Waals surface area (Å²) in [6.07, 6.45) is -0.409. The first-order valence-corrected chi connectivity index (χ1v) is 7.34. The molecule has 0 aromatic carbocycles. The lowest BCUT2D eigenvalue weighted by atomic mass is 10.1. The molecule has 11 heteroatoms. The molecule has 2 aliphatic heterocycles. The maximum atomic E-state index is 13.2. The Balaban J connectivity index is 0.00000144. The SMILES string of the molecule is Cc1nc(CN2CCN(C(=O)C3CC(F)(F)CN3)CC2)no1.Cl.Cl. The Hall–Kier alpha value is -1.03. The van der Waals surface area contributed by atoms with Crippen molar-refractivity contribution in [3.63, 3.8) is 0 Å². The number of alkyl halides is 2. The molecule has 0 radical (unpaired) electrons. The molecule has 1 aromatic rings. The highest BCUT2D eigenvalue weighted by molar-refractivity contribution is 5.85. The van der Waals surface area contributed by atoms with E-state index in [1.165, 1.54) is 0 Å². The largest absolute Gasteiger partial charge is 0.340 e. The van der Waals surface area contributed by atoms with Crippen molar-refractivity contribution < 1.29 is 18.1 Å². The zero-order valence-electron chi connectivity index (χ0n) is 13.2. The number of aromatic nitrogens is 2. The molecule has 1 unspecified atom stereocenters. The summed E-state index contributed by atoms with van der Waals surface area (Å²) in [4.78, 5) is 20.1. The van der Waals surface area contributed by atoms with E-state index in [0.717, 1.165) is 0 Å². The lowest BCUT2D eigenvalue weighted by Crippen LogP contribution is -2.52. The van der Waals surface area contributed by atoms with Gasteiger partial charge in [0.05, 0.1) is 19.1 Å². The van der Waals surface area contributed by atoms with E-state index < -0.39 is 24.9 Å². The van der Waals surface area contributed by atoms with Crippen LogP contribution in [0.25, 0.3) is 0 Å². The fourth-order valence-electron chi connectivity index (χ4n) is 2.84. The molecule has 1 N–H and O–H groups in total. The molecule has 0 saturated carbocycles. The van der Waals surface area contributed by atoms with E-state index in [1.54, 1.807) is 11.8 Å². The van der Waals surface area contributed by atoms with Gasteiger partial charge < -0.3 is 9.42 Å². The highest BCUT2D eigenvalue weighted by atomic mass is 35.5. The van der Waals surface area contributed by atoms with E-state index in [9.17, 15) is 13.6 Å². The molecule has 1 aromatic heterocycles. The van der Waals surface area contributed by atoms with Gasteiger partial charge in [-0.3, -0.25) is 15.0 Å². The van der Waals surface area contributed by atoms with Crippen molar-refractivity contribution in [3.05, 3.63) is 11.7 Å². The molecule has 3 rings (SSSR count). The number of halogens is 4. The Labute approximate surface area is 150 Å². The minimum atomic E-state index is -2.78. The van der Waals surface area contributed by atoms with Gasteiger partial charge in [0.2, 0.25) is 11.8 Å². The Morgan fingerprint density at radius 2 is 2.00 bits per heavy atom. The molecule has 1 atom stereocenters. The number of rotatable bonds is 3. The van der Waals surface area contributed by atoms with Gasteiger partial charge >= 0.3 is 0 Å². The van der Waals surface area contributed by atoms with Crippen molar-refractivity contribution in [2.75, 3.05) is 32.7 Å². The van der Waals surface area contributed by atoms with E-state index in [4.69, 9.17) is 4.52 Å². The Morgan fingerprint density at radius 1 is 1.33 bits per heavy atom. The average molecular weight is 388 g/mol. The van der Waals surface area contributed by atoms with Gasteiger partial charge in [-0.2, -0.15) is 4.98 Å². The number of carbonyl (C=O) groups excluding carboxylic acids is 1. The summed E-state index contributed by atoms with van der Waals surface area (Å²) in [5.74, 6) is -1.86. The fraction of sp³-hybridized carbons (Fsp3) is 0.769. The van der Waals surface area contributed by atoms with Gasteiger partial charge in [0.1, 0.15) is 0 Å². The van der Waals surface area contributed by atoms with E-state index in [1.807, 2.05) is 0 Å². The summed E-state index contributed by atoms with van der Waals surface area (Å²) < 4.78 is 31.2. The third-order valence-electron chi connectivity index (χ3n) is 4.03. The first-order chi connectivity index (χ1) is 10.4. The number of hydrogen-bond acceptors (Lipinski definition) is 6. The van der Waals surface area contributed by atoms with Crippen LogP contribution in [0, 0.1) is 6.92 Å². The summed E-state index contributed by atoms with van der Waals surface area (Å²) in [6, 6.07) is -0.763. The zero-order chi connectivity index (χ0) is 15.7. The summed E-state index contributed by atoms with van der Waals surface area (Å²) in [5, 5.41) is 6.45. The smallest absolute Gasteiger partial charge is 0.262 e. The minimum absolute atomic E-state index is 0. The van der Waals surface area contributed by atoms with Crippen LogP contribution < -0.4 is 5.32 Å². The van der Waals surface area contributed by atoms with Gasteiger partial charge in [-0.25, -0.2) is 8.78 Å². The maximum Gasteiger partial charge on any atom is 0.262 e. The zero-order valence-corrected chi connectivity index (χ0v) is 14.8. The normalized spacial score (nSPS) is 23.5. The van der Waals surface area contributed by atoms with Crippen molar-refractivity contribution in [2.24, 2.45) is 0 Å². The molecular formula is C13H21Cl2F2N5O2. The lowest BCUT2D eigenvalue weighted by Gasteiger charge is -2.35. The van der Waals surface area contributed by atoms with E-state index in [-0.39, 0.29) is 30.7 Å². The van der Waals surface area contributed by atoms with Crippen molar-refractivity contribution >= 4 is 30.7 Å². The van der Waals surface area contributed by atoms with Crippen LogP contribution in [0.2, 0.25) is 0 Å². The summed E-state index contributed by atoms with van der Waals surface area (Å²) >= 11 is 0. The van der Waals surface area contributed by atoms with Crippen LogP contribution in [0.4, 0.5) is 8.78 Å². The fourth-order valence-corrected chi connectivity index (χ4v) is 2.84. The number of nitrogens with one attached hydrogen (secondary N) is 1. The molecule has 2 saturated heterocycles. The predicted octanol–water partition coefficient (Wildman–Crippen LogP) is 0.863. The number of carbonyl (C=O) groups is 1. The van der Waals surface area contributed by atoms with E-state index >= 15 is 0 Å². The quantitative estimate of drug-likeness (QED) is 0.828. The van der Waals surface area contributed by atoms with Crippen LogP contribution in [-0.2, 0) is 11.3 Å². The second-order valence-corrected chi connectivity index (χ2v) is 5.82. The van der Waals surface area contributed by atoms with Crippen LogP contribution in [-0.4, -0.2) is 70.5 Å². The molecule has 1 amide bonds. The number of hydrogen-bond donors (Lipinski definition) is 1. The number of amides is 1. The van der Waals surface area contributed by atoms with Gasteiger partial charge in [0.25, 0.3) is 5.92 Å². The number of piperazine rings is 1. The van der Waals surface area contributed by atoms with Crippen molar-refractivity contribution in [2.45, 2.75) is 31.9 Å². The molecular weight excluding hydrogens is 367 g/mol. The highest BCUT2D eigenvalue weighted by Crippen LogP contribution is 2.26. The predicted molar refractivity (Wildman–Crippen MR) is 86.7 cm³/mol. The monoisotopic (exact) mass is 387 g/mol. The van der Waals surface area contributed by atoms with Crippen LogP contribution in [0.1, 0.15) is 18.1 Å². The molecule has 0 spiro atoms. The number of aryl methyl sites for hydroxylation is 1.